The number of cyclic esters (lactones) is 1. The van der Waals surface area contributed by atoms with Gasteiger partial charge in [0.1, 0.15) is 12.1 Å². The van der Waals surface area contributed by atoms with Crippen LogP contribution < -0.4 is 5.73 Å². The van der Waals surface area contributed by atoms with Crippen molar-refractivity contribution in [3.05, 3.63) is 48.0 Å². The van der Waals surface area contributed by atoms with Crippen molar-refractivity contribution in [1.29, 1.82) is 0 Å². The first-order chi connectivity index (χ1) is 12.0. The molecule has 4 heteroatoms. The summed E-state index contributed by atoms with van der Waals surface area (Å²) in [5.74, 6) is 0.173. The summed E-state index contributed by atoms with van der Waals surface area (Å²) >= 11 is 0. The Hall–Kier alpha value is -1.65. The Morgan fingerprint density at radius 1 is 1.28 bits per heavy atom. The molecule has 0 aliphatic carbocycles. The average Bonchev–Trinajstić information content (AvgIpc) is 2.61. The van der Waals surface area contributed by atoms with Crippen molar-refractivity contribution in [2.24, 2.45) is 17.6 Å². The molecule has 0 amide bonds. The Morgan fingerprint density at radius 3 is 2.68 bits per heavy atom. The molecule has 138 valence electrons. The van der Waals surface area contributed by atoms with E-state index in [9.17, 15) is 4.79 Å². The number of hydrogen-bond acceptors (Lipinski definition) is 4. The Balaban J connectivity index is 2.15. The van der Waals surface area contributed by atoms with Crippen molar-refractivity contribution in [2.45, 2.75) is 51.7 Å². The van der Waals surface area contributed by atoms with Crippen LogP contribution in [0.1, 0.15) is 38.7 Å². The lowest BCUT2D eigenvalue weighted by atomic mass is 9.80. The zero-order valence-electron chi connectivity index (χ0n) is 15.4. The van der Waals surface area contributed by atoms with Crippen molar-refractivity contribution in [1.82, 2.24) is 0 Å². The fraction of sp³-hybridized carbons (Fsp3) is 0.571. The van der Waals surface area contributed by atoms with Crippen molar-refractivity contribution in [3.8, 4) is 0 Å². The molecular formula is C21H31NO3. The molecule has 1 aromatic rings. The highest BCUT2D eigenvalue weighted by Crippen LogP contribution is 2.29. The SMILES string of the molecule is C=C(C)CCC[C@@H]1[C@@H](Cc2ccccc2)COC[C@H](N)C(=O)O[C@H]1C. The number of hydrogen-bond donors (Lipinski definition) is 1. The molecule has 4 nitrogen and oxygen atoms in total. The monoisotopic (exact) mass is 345 g/mol. The minimum absolute atomic E-state index is 0.168. The summed E-state index contributed by atoms with van der Waals surface area (Å²) in [5.41, 5.74) is 8.32. The second-order valence-electron chi connectivity index (χ2n) is 7.25. The van der Waals surface area contributed by atoms with E-state index in [2.05, 4.69) is 37.8 Å². The molecule has 1 aliphatic rings. The molecular weight excluding hydrogens is 314 g/mol. The second kappa shape index (κ2) is 9.73. The van der Waals surface area contributed by atoms with Crippen LogP contribution in [0.25, 0.3) is 0 Å². The van der Waals surface area contributed by atoms with Crippen molar-refractivity contribution in [3.63, 3.8) is 0 Å². The maximum atomic E-state index is 12.1. The zero-order valence-corrected chi connectivity index (χ0v) is 15.4. The molecule has 1 aliphatic heterocycles. The van der Waals surface area contributed by atoms with Crippen molar-refractivity contribution < 1.29 is 14.3 Å². The molecule has 1 saturated heterocycles. The first-order valence-electron chi connectivity index (χ1n) is 9.19. The van der Waals surface area contributed by atoms with Crippen LogP contribution in [-0.4, -0.2) is 31.3 Å². The van der Waals surface area contributed by atoms with Crippen LogP contribution in [0.3, 0.4) is 0 Å². The van der Waals surface area contributed by atoms with Crippen LogP contribution in [0.15, 0.2) is 42.5 Å². The van der Waals surface area contributed by atoms with Crippen molar-refractivity contribution in [2.75, 3.05) is 13.2 Å². The van der Waals surface area contributed by atoms with Crippen LogP contribution in [-0.2, 0) is 20.7 Å². The Bertz CT molecular complexity index is 558. The lowest BCUT2D eigenvalue weighted by molar-refractivity contribution is -0.153. The molecule has 4 atom stereocenters. The zero-order chi connectivity index (χ0) is 18.2. The summed E-state index contributed by atoms with van der Waals surface area (Å²) in [6.07, 6.45) is 3.76. The lowest BCUT2D eigenvalue weighted by Crippen LogP contribution is -2.38. The number of carbonyl (C=O) groups excluding carboxylic acids is 1. The summed E-state index contributed by atoms with van der Waals surface area (Å²) in [7, 11) is 0. The molecule has 1 aromatic carbocycles. The van der Waals surface area contributed by atoms with E-state index in [1.54, 1.807) is 0 Å². The van der Waals surface area contributed by atoms with Gasteiger partial charge >= 0.3 is 5.97 Å². The fourth-order valence-corrected chi connectivity index (χ4v) is 3.52. The van der Waals surface area contributed by atoms with Gasteiger partial charge in [-0.25, -0.2) is 0 Å². The molecule has 0 saturated carbocycles. The minimum atomic E-state index is -0.700. The third-order valence-corrected chi connectivity index (χ3v) is 4.92. The van der Waals surface area contributed by atoms with E-state index in [0.717, 1.165) is 25.7 Å². The van der Waals surface area contributed by atoms with E-state index in [0.29, 0.717) is 12.5 Å². The maximum absolute atomic E-state index is 12.1. The molecule has 0 spiro atoms. The van der Waals surface area contributed by atoms with E-state index in [-0.39, 0.29) is 24.6 Å². The first kappa shape index (κ1) is 19.7. The summed E-state index contributed by atoms with van der Waals surface area (Å²) in [6, 6.07) is 9.72. The van der Waals surface area contributed by atoms with E-state index in [1.807, 2.05) is 13.0 Å². The third kappa shape index (κ3) is 6.29. The quantitative estimate of drug-likeness (QED) is 0.633. The Morgan fingerprint density at radius 2 is 2.00 bits per heavy atom. The van der Waals surface area contributed by atoms with Crippen LogP contribution in [0.4, 0.5) is 0 Å². The van der Waals surface area contributed by atoms with Gasteiger partial charge in [0.2, 0.25) is 0 Å². The molecule has 2 N–H and O–H groups in total. The maximum Gasteiger partial charge on any atom is 0.325 e. The van der Waals surface area contributed by atoms with Crippen LogP contribution in [0, 0.1) is 11.8 Å². The van der Waals surface area contributed by atoms with Gasteiger partial charge in [0.15, 0.2) is 0 Å². The first-order valence-corrected chi connectivity index (χ1v) is 9.19. The largest absolute Gasteiger partial charge is 0.461 e. The van der Waals surface area contributed by atoms with Gasteiger partial charge in [-0.15, -0.1) is 6.58 Å². The molecule has 1 heterocycles. The van der Waals surface area contributed by atoms with Gasteiger partial charge in [0.25, 0.3) is 0 Å². The molecule has 0 radical (unpaired) electrons. The van der Waals surface area contributed by atoms with Gasteiger partial charge in [-0.3, -0.25) is 4.79 Å². The topological polar surface area (TPSA) is 61.5 Å². The van der Waals surface area contributed by atoms with E-state index < -0.39 is 6.04 Å². The predicted molar refractivity (Wildman–Crippen MR) is 100 cm³/mol. The van der Waals surface area contributed by atoms with Gasteiger partial charge in [0, 0.05) is 5.92 Å². The normalized spacial score (nSPS) is 27.7. The van der Waals surface area contributed by atoms with E-state index in [4.69, 9.17) is 15.2 Å². The van der Waals surface area contributed by atoms with E-state index in [1.165, 1.54) is 11.1 Å². The number of benzene rings is 1. The summed E-state index contributed by atoms with van der Waals surface area (Å²) in [6.45, 7) is 8.84. The summed E-state index contributed by atoms with van der Waals surface area (Å²) < 4.78 is 11.4. The van der Waals surface area contributed by atoms with Gasteiger partial charge in [0.05, 0.1) is 13.2 Å². The molecule has 0 bridgehead atoms. The molecule has 0 unspecified atom stereocenters. The molecule has 2 rings (SSSR count). The van der Waals surface area contributed by atoms with Gasteiger partial charge in [-0.1, -0.05) is 35.9 Å². The number of allylic oxidation sites excluding steroid dienone is 1. The van der Waals surface area contributed by atoms with Gasteiger partial charge < -0.3 is 15.2 Å². The molecule has 1 fully saturated rings. The lowest BCUT2D eigenvalue weighted by Gasteiger charge is -2.31. The second-order valence-corrected chi connectivity index (χ2v) is 7.25. The molecule has 25 heavy (non-hydrogen) atoms. The Kier molecular flexibility index (Phi) is 7.66. The van der Waals surface area contributed by atoms with Gasteiger partial charge in [-0.2, -0.15) is 0 Å². The van der Waals surface area contributed by atoms with Crippen LogP contribution in [0.5, 0.6) is 0 Å². The standard InChI is InChI=1S/C21H31NO3/c1-15(2)8-7-11-19-16(3)25-21(23)20(22)14-24-13-18(19)12-17-9-5-4-6-10-17/h4-6,9-10,16,18-20H,1,7-8,11-14,22H2,2-3H3/t16-,18-,19-,20-/m0/s1. The number of ether oxygens (including phenoxy) is 2. The number of esters is 1. The smallest absolute Gasteiger partial charge is 0.325 e. The fourth-order valence-electron chi connectivity index (χ4n) is 3.52. The highest BCUT2D eigenvalue weighted by molar-refractivity contribution is 5.75. The number of carbonyl (C=O) groups is 1. The highest BCUT2D eigenvalue weighted by atomic mass is 16.5. The van der Waals surface area contributed by atoms with Crippen molar-refractivity contribution >= 4 is 5.97 Å². The molecule has 0 aromatic heterocycles. The van der Waals surface area contributed by atoms with Crippen LogP contribution >= 0.6 is 0 Å². The third-order valence-electron chi connectivity index (χ3n) is 4.92. The minimum Gasteiger partial charge on any atom is -0.461 e. The average molecular weight is 345 g/mol. The number of nitrogens with two attached hydrogens (primary N) is 1. The van der Waals surface area contributed by atoms with Gasteiger partial charge in [-0.05, 0) is 51.0 Å². The summed E-state index contributed by atoms with van der Waals surface area (Å²) in [4.78, 5) is 12.1. The van der Waals surface area contributed by atoms with Crippen LogP contribution in [0.2, 0.25) is 0 Å². The number of rotatable bonds is 6. The summed E-state index contributed by atoms with van der Waals surface area (Å²) in [5, 5.41) is 0. The highest BCUT2D eigenvalue weighted by Gasteiger charge is 2.32. The Labute approximate surface area is 151 Å². The van der Waals surface area contributed by atoms with E-state index >= 15 is 0 Å². The predicted octanol–water partition coefficient (Wildman–Crippen LogP) is 3.50.